The third-order valence-corrected chi connectivity index (χ3v) is 4.38. The van der Waals surface area contributed by atoms with Crippen molar-refractivity contribution in [1.29, 1.82) is 0 Å². The zero-order valence-electron chi connectivity index (χ0n) is 12.5. The molecule has 0 saturated carbocycles. The van der Waals surface area contributed by atoms with Gasteiger partial charge in [0.25, 0.3) is 0 Å². The highest BCUT2D eigenvalue weighted by atomic mass is 16.6. The molecule has 21 heavy (non-hydrogen) atoms. The molecule has 2 saturated heterocycles. The highest BCUT2D eigenvalue weighted by Gasteiger charge is 2.61. The highest BCUT2D eigenvalue weighted by Crippen LogP contribution is 2.49. The number of esters is 1. The van der Waals surface area contributed by atoms with Crippen molar-refractivity contribution in [1.82, 2.24) is 0 Å². The minimum Gasteiger partial charge on any atom is -0.455 e. The number of hydrogen-bond acceptors (Lipinski definition) is 4. The first-order chi connectivity index (χ1) is 9.92. The first-order valence-electron chi connectivity index (χ1n) is 7.24. The molecular weight excluding hydrogens is 268 g/mol. The van der Waals surface area contributed by atoms with Crippen molar-refractivity contribution in [3.8, 4) is 0 Å². The van der Waals surface area contributed by atoms with Crippen LogP contribution >= 0.6 is 0 Å². The lowest BCUT2D eigenvalue weighted by molar-refractivity contribution is -0.140. The van der Waals surface area contributed by atoms with Gasteiger partial charge in [0.2, 0.25) is 0 Å². The Bertz CT molecular complexity index is 493. The fourth-order valence-corrected chi connectivity index (χ4v) is 2.90. The van der Waals surface area contributed by atoms with E-state index in [2.05, 4.69) is 19.7 Å². The molecule has 0 unspecified atom stereocenters. The van der Waals surface area contributed by atoms with Crippen molar-refractivity contribution < 1.29 is 19.1 Å². The summed E-state index contributed by atoms with van der Waals surface area (Å²) in [7, 11) is 0. The van der Waals surface area contributed by atoms with E-state index in [1.807, 2.05) is 13.0 Å². The molecule has 114 valence electrons. The molecule has 0 aromatic rings. The minimum atomic E-state index is -0.358. The van der Waals surface area contributed by atoms with Crippen LogP contribution in [0, 0.1) is 5.92 Å². The Morgan fingerprint density at radius 1 is 1.48 bits per heavy atom. The Kier molecular flexibility index (Phi) is 4.47. The number of epoxide rings is 1. The molecule has 0 spiro atoms. The summed E-state index contributed by atoms with van der Waals surface area (Å²) < 4.78 is 11.2. The SMILES string of the molecule is C=CCC[C@@]1(C)O[C@@H]1[C@H]1OC(=O)C(=C)[C@@H]1CCC(=C)C=O. The second-order valence-corrected chi connectivity index (χ2v) is 5.99. The van der Waals surface area contributed by atoms with E-state index in [9.17, 15) is 9.59 Å². The third kappa shape index (κ3) is 3.16. The van der Waals surface area contributed by atoms with E-state index in [1.54, 1.807) is 0 Å². The Labute approximate surface area is 125 Å². The molecule has 0 aromatic carbocycles. The summed E-state index contributed by atoms with van der Waals surface area (Å²) in [6.45, 7) is 13.2. The van der Waals surface area contributed by atoms with Crippen molar-refractivity contribution in [2.45, 2.75) is 50.4 Å². The molecule has 0 radical (unpaired) electrons. The van der Waals surface area contributed by atoms with Crippen LogP contribution in [0.15, 0.2) is 37.0 Å². The van der Waals surface area contributed by atoms with E-state index in [0.717, 1.165) is 19.1 Å². The molecule has 2 rings (SSSR count). The lowest BCUT2D eigenvalue weighted by atomic mass is 9.85. The molecule has 2 fully saturated rings. The summed E-state index contributed by atoms with van der Waals surface area (Å²) in [6.07, 6.45) is 5.08. The lowest BCUT2D eigenvalue weighted by Gasteiger charge is -2.17. The van der Waals surface area contributed by atoms with Crippen LogP contribution in [0.4, 0.5) is 0 Å². The van der Waals surface area contributed by atoms with Gasteiger partial charge in [0.1, 0.15) is 18.5 Å². The van der Waals surface area contributed by atoms with Gasteiger partial charge in [0.15, 0.2) is 0 Å². The molecule has 0 bridgehead atoms. The Morgan fingerprint density at radius 3 is 2.81 bits per heavy atom. The summed E-state index contributed by atoms with van der Waals surface area (Å²) in [5.41, 5.74) is 0.733. The molecule has 0 aliphatic carbocycles. The number of hydrogen-bond donors (Lipinski definition) is 0. The molecular formula is C17H22O4. The number of allylic oxidation sites excluding steroid dienone is 2. The second kappa shape index (κ2) is 5.98. The topological polar surface area (TPSA) is 55.9 Å². The Balaban J connectivity index is 2.02. The van der Waals surface area contributed by atoms with E-state index in [-0.39, 0.29) is 29.7 Å². The van der Waals surface area contributed by atoms with Crippen LogP contribution in [0.5, 0.6) is 0 Å². The Hall–Kier alpha value is -1.68. The van der Waals surface area contributed by atoms with Gasteiger partial charge in [0, 0.05) is 11.5 Å². The van der Waals surface area contributed by atoms with Gasteiger partial charge in [-0.2, -0.15) is 0 Å². The number of rotatable bonds is 8. The molecule has 0 amide bonds. The molecule has 2 aliphatic rings. The van der Waals surface area contributed by atoms with Crippen LogP contribution < -0.4 is 0 Å². The molecule has 4 nitrogen and oxygen atoms in total. The normalized spacial score (nSPS) is 34.4. The number of carbonyl (C=O) groups is 2. The van der Waals surface area contributed by atoms with Gasteiger partial charge >= 0.3 is 5.97 Å². The van der Waals surface area contributed by atoms with Crippen LogP contribution in [0.3, 0.4) is 0 Å². The predicted molar refractivity (Wildman–Crippen MR) is 79.7 cm³/mol. The average molecular weight is 290 g/mol. The van der Waals surface area contributed by atoms with Crippen molar-refractivity contribution >= 4 is 12.3 Å². The van der Waals surface area contributed by atoms with Gasteiger partial charge < -0.3 is 9.47 Å². The van der Waals surface area contributed by atoms with E-state index in [4.69, 9.17) is 9.47 Å². The molecule has 4 atom stereocenters. The smallest absolute Gasteiger partial charge is 0.334 e. The van der Waals surface area contributed by atoms with Gasteiger partial charge in [-0.05, 0) is 38.2 Å². The van der Waals surface area contributed by atoms with Gasteiger partial charge in [-0.15, -0.1) is 6.58 Å². The lowest BCUT2D eigenvalue weighted by Crippen LogP contribution is -2.28. The predicted octanol–water partition coefficient (Wildman–Crippen LogP) is 2.74. The quantitative estimate of drug-likeness (QED) is 0.227. The number of ether oxygens (including phenoxy) is 2. The fourth-order valence-electron chi connectivity index (χ4n) is 2.90. The summed E-state index contributed by atoms with van der Waals surface area (Å²) in [5, 5.41) is 0. The van der Waals surface area contributed by atoms with Gasteiger partial charge in [-0.25, -0.2) is 4.79 Å². The van der Waals surface area contributed by atoms with Crippen LogP contribution in [0.25, 0.3) is 0 Å². The first-order valence-corrected chi connectivity index (χ1v) is 7.24. The van der Waals surface area contributed by atoms with E-state index >= 15 is 0 Å². The molecule has 0 N–H and O–H groups in total. The minimum absolute atomic E-state index is 0.102. The maximum Gasteiger partial charge on any atom is 0.334 e. The van der Waals surface area contributed by atoms with E-state index < -0.39 is 0 Å². The van der Waals surface area contributed by atoms with Gasteiger partial charge in [-0.1, -0.05) is 19.2 Å². The van der Waals surface area contributed by atoms with E-state index in [1.165, 1.54) is 0 Å². The zero-order chi connectivity index (χ0) is 15.6. The molecule has 2 aliphatic heterocycles. The molecule has 0 aromatic heterocycles. The fraction of sp³-hybridized carbons (Fsp3) is 0.529. The maximum absolute atomic E-state index is 11.8. The number of cyclic esters (lactones) is 1. The van der Waals surface area contributed by atoms with Crippen molar-refractivity contribution in [2.75, 3.05) is 0 Å². The number of aldehydes is 1. The van der Waals surface area contributed by atoms with Gasteiger partial charge in [-0.3, -0.25) is 4.79 Å². The standard InChI is InChI=1S/C17H22O4/c1-5-6-9-17(4)15(21-17)14-13(8-7-11(2)10-18)12(3)16(19)20-14/h5,10,13-15H,1-3,6-9H2,4H3/t13-,14-,15+,17+/m0/s1. The first kappa shape index (κ1) is 15.7. The van der Waals surface area contributed by atoms with Crippen LogP contribution in [-0.4, -0.2) is 30.1 Å². The Morgan fingerprint density at radius 2 is 2.19 bits per heavy atom. The van der Waals surface area contributed by atoms with Gasteiger partial charge in [0.05, 0.1) is 5.60 Å². The third-order valence-electron chi connectivity index (χ3n) is 4.38. The van der Waals surface area contributed by atoms with Crippen LogP contribution in [-0.2, 0) is 19.1 Å². The summed E-state index contributed by atoms with van der Waals surface area (Å²) in [5.74, 6) is -0.465. The summed E-state index contributed by atoms with van der Waals surface area (Å²) in [6, 6.07) is 0. The van der Waals surface area contributed by atoms with Crippen molar-refractivity contribution in [2.24, 2.45) is 5.92 Å². The maximum atomic E-state index is 11.8. The second-order valence-electron chi connectivity index (χ2n) is 5.99. The van der Waals surface area contributed by atoms with Crippen LogP contribution in [0.1, 0.15) is 32.6 Å². The summed E-state index contributed by atoms with van der Waals surface area (Å²) in [4.78, 5) is 22.4. The monoisotopic (exact) mass is 290 g/mol. The molecule has 2 heterocycles. The largest absolute Gasteiger partial charge is 0.455 e. The van der Waals surface area contributed by atoms with Crippen molar-refractivity contribution in [3.05, 3.63) is 37.0 Å². The zero-order valence-corrected chi connectivity index (χ0v) is 12.5. The van der Waals surface area contributed by atoms with Crippen molar-refractivity contribution in [3.63, 3.8) is 0 Å². The average Bonchev–Trinajstić information content (AvgIpc) is 3.06. The number of carbonyl (C=O) groups excluding carboxylic acids is 2. The molecule has 4 heteroatoms. The highest BCUT2D eigenvalue weighted by molar-refractivity contribution is 5.91. The summed E-state index contributed by atoms with van der Waals surface area (Å²) >= 11 is 0. The van der Waals surface area contributed by atoms with Crippen LogP contribution in [0.2, 0.25) is 0 Å². The van der Waals surface area contributed by atoms with E-state index in [0.29, 0.717) is 24.0 Å².